The summed E-state index contributed by atoms with van der Waals surface area (Å²) in [6, 6.07) is 0.673. The fraction of sp³-hybridized carbons (Fsp3) is 0.667. The summed E-state index contributed by atoms with van der Waals surface area (Å²) in [5.41, 5.74) is 0.547. The first-order chi connectivity index (χ1) is 6.43. The first-order valence-corrected chi connectivity index (χ1v) is 10.0. The SMILES string of the molecule is C=C(C[Si](C)(C)O[SiH2]C)C(=O)OCC. The lowest BCUT2D eigenvalue weighted by molar-refractivity contribution is -0.138. The first kappa shape index (κ1) is 13.6. The third-order valence-electron chi connectivity index (χ3n) is 1.74. The van der Waals surface area contributed by atoms with Crippen molar-refractivity contribution in [1.82, 2.24) is 0 Å². The summed E-state index contributed by atoms with van der Waals surface area (Å²) in [6.45, 7) is 12.2. The van der Waals surface area contributed by atoms with Crippen molar-refractivity contribution >= 4 is 24.0 Å². The topological polar surface area (TPSA) is 35.5 Å². The van der Waals surface area contributed by atoms with E-state index in [0.717, 1.165) is 0 Å². The minimum atomic E-state index is -1.70. The van der Waals surface area contributed by atoms with Crippen molar-refractivity contribution in [3.63, 3.8) is 0 Å². The average Bonchev–Trinajstić information content (AvgIpc) is 2.03. The van der Waals surface area contributed by atoms with Crippen LogP contribution in [0, 0.1) is 0 Å². The van der Waals surface area contributed by atoms with Gasteiger partial charge in [-0.25, -0.2) is 4.79 Å². The fourth-order valence-electron chi connectivity index (χ4n) is 1.26. The summed E-state index contributed by atoms with van der Waals surface area (Å²) >= 11 is 0. The molecule has 0 rings (SSSR count). The number of rotatable bonds is 6. The van der Waals surface area contributed by atoms with Gasteiger partial charge in [0.2, 0.25) is 0 Å². The Morgan fingerprint density at radius 2 is 2.07 bits per heavy atom. The van der Waals surface area contributed by atoms with Crippen LogP contribution in [0.4, 0.5) is 0 Å². The van der Waals surface area contributed by atoms with E-state index in [1.54, 1.807) is 6.92 Å². The molecule has 0 spiro atoms. The Labute approximate surface area is 89.6 Å². The molecule has 0 aliphatic carbocycles. The van der Waals surface area contributed by atoms with E-state index >= 15 is 0 Å². The third-order valence-corrected chi connectivity index (χ3v) is 7.30. The van der Waals surface area contributed by atoms with E-state index < -0.39 is 18.1 Å². The minimum absolute atomic E-state index is 0.283. The lowest BCUT2D eigenvalue weighted by Gasteiger charge is -2.22. The second-order valence-corrected chi connectivity index (χ2v) is 9.30. The molecule has 14 heavy (non-hydrogen) atoms. The summed E-state index contributed by atoms with van der Waals surface area (Å²) in [7, 11) is -2.10. The molecule has 0 fully saturated rings. The quantitative estimate of drug-likeness (QED) is 0.395. The molecule has 0 aromatic heterocycles. The van der Waals surface area contributed by atoms with E-state index in [-0.39, 0.29) is 5.97 Å². The van der Waals surface area contributed by atoms with Gasteiger partial charge < -0.3 is 8.85 Å². The van der Waals surface area contributed by atoms with Gasteiger partial charge in [-0.1, -0.05) is 13.1 Å². The molecule has 0 radical (unpaired) electrons. The van der Waals surface area contributed by atoms with Crippen LogP contribution in [0.5, 0.6) is 0 Å². The van der Waals surface area contributed by atoms with E-state index in [2.05, 4.69) is 26.2 Å². The number of hydrogen-bond donors (Lipinski definition) is 0. The van der Waals surface area contributed by atoms with Gasteiger partial charge in [-0.3, -0.25) is 0 Å². The van der Waals surface area contributed by atoms with Crippen LogP contribution in [0.25, 0.3) is 0 Å². The van der Waals surface area contributed by atoms with Crippen LogP contribution in [-0.4, -0.2) is 30.7 Å². The molecule has 0 saturated heterocycles. The minimum Gasteiger partial charge on any atom is -0.463 e. The predicted octanol–water partition coefficient (Wildman–Crippen LogP) is 1.46. The van der Waals surface area contributed by atoms with Gasteiger partial charge in [0.25, 0.3) is 0 Å². The van der Waals surface area contributed by atoms with E-state index in [4.69, 9.17) is 8.85 Å². The molecule has 0 aliphatic rings. The van der Waals surface area contributed by atoms with Gasteiger partial charge in [-0.2, -0.15) is 0 Å². The van der Waals surface area contributed by atoms with Crippen molar-refractivity contribution in [2.45, 2.75) is 32.6 Å². The molecule has 0 aromatic carbocycles. The Balaban J connectivity index is 4.10. The number of ether oxygens (including phenoxy) is 1. The summed E-state index contributed by atoms with van der Waals surface area (Å²) in [6.07, 6.45) is 0. The van der Waals surface area contributed by atoms with Crippen LogP contribution < -0.4 is 0 Å². The van der Waals surface area contributed by atoms with E-state index in [1.807, 2.05) is 0 Å². The molecular weight excluding hydrogens is 212 g/mol. The zero-order valence-corrected chi connectivity index (χ0v) is 12.0. The van der Waals surface area contributed by atoms with Crippen LogP contribution in [0.2, 0.25) is 25.7 Å². The van der Waals surface area contributed by atoms with Gasteiger partial charge in [-0.05, 0) is 26.1 Å². The monoisotopic (exact) mass is 232 g/mol. The fourth-order valence-corrected chi connectivity index (χ4v) is 5.97. The summed E-state index contributed by atoms with van der Waals surface area (Å²) in [5, 5.41) is 0. The molecule has 0 unspecified atom stereocenters. The molecule has 5 heteroatoms. The normalized spacial score (nSPS) is 12.0. The van der Waals surface area contributed by atoms with Gasteiger partial charge in [0.1, 0.15) is 9.76 Å². The van der Waals surface area contributed by atoms with Crippen LogP contribution in [0.15, 0.2) is 12.2 Å². The standard InChI is InChI=1S/C9H20O3Si2/c1-6-11-9(10)8(2)7-14(4,5)12-13-3/h2,6-7,13H2,1,3-5H3. The van der Waals surface area contributed by atoms with Crippen LogP contribution in [-0.2, 0) is 13.6 Å². The summed E-state index contributed by atoms with van der Waals surface area (Å²) in [4.78, 5) is 11.3. The Kier molecular flexibility index (Phi) is 5.98. The van der Waals surface area contributed by atoms with Crippen molar-refractivity contribution < 1.29 is 13.6 Å². The number of carbonyl (C=O) groups is 1. The van der Waals surface area contributed by atoms with Crippen molar-refractivity contribution in [3.05, 3.63) is 12.2 Å². The van der Waals surface area contributed by atoms with Crippen molar-refractivity contribution in [2.75, 3.05) is 6.61 Å². The molecule has 0 heterocycles. The lowest BCUT2D eigenvalue weighted by Crippen LogP contribution is -2.32. The Bertz CT molecular complexity index is 214. The molecule has 0 N–H and O–H groups in total. The lowest BCUT2D eigenvalue weighted by atomic mass is 10.4. The highest BCUT2D eigenvalue weighted by Gasteiger charge is 2.25. The highest BCUT2D eigenvalue weighted by Crippen LogP contribution is 2.17. The van der Waals surface area contributed by atoms with Gasteiger partial charge in [0.15, 0.2) is 8.32 Å². The Morgan fingerprint density at radius 1 is 1.50 bits per heavy atom. The molecule has 0 saturated carbocycles. The molecule has 0 aliphatic heterocycles. The zero-order chi connectivity index (χ0) is 11.2. The summed E-state index contributed by atoms with van der Waals surface area (Å²) in [5.74, 6) is -0.283. The van der Waals surface area contributed by atoms with Gasteiger partial charge in [0.05, 0.1) is 6.61 Å². The molecule has 82 valence electrons. The van der Waals surface area contributed by atoms with Crippen LogP contribution >= 0.6 is 0 Å². The highest BCUT2D eigenvalue weighted by atomic mass is 28.4. The average molecular weight is 232 g/mol. The largest absolute Gasteiger partial charge is 0.463 e. The second kappa shape index (κ2) is 6.16. The summed E-state index contributed by atoms with van der Waals surface area (Å²) < 4.78 is 10.6. The van der Waals surface area contributed by atoms with Crippen LogP contribution in [0.3, 0.4) is 0 Å². The van der Waals surface area contributed by atoms with Gasteiger partial charge in [-0.15, -0.1) is 0 Å². The number of esters is 1. The first-order valence-electron chi connectivity index (χ1n) is 4.91. The zero-order valence-electron chi connectivity index (χ0n) is 9.55. The molecular formula is C9H20O3Si2. The molecule has 3 nitrogen and oxygen atoms in total. The predicted molar refractivity (Wildman–Crippen MR) is 63.6 cm³/mol. The number of carbonyl (C=O) groups excluding carboxylic acids is 1. The molecule has 0 amide bonds. The van der Waals surface area contributed by atoms with Crippen molar-refractivity contribution in [3.8, 4) is 0 Å². The molecule has 0 bridgehead atoms. The number of hydrogen-bond acceptors (Lipinski definition) is 3. The van der Waals surface area contributed by atoms with Crippen molar-refractivity contribution in [2.24, 2.45) is 0 Å². The Hall–Kier alpha value is -0.396. The van der Waals surface area contributed by atoms with E-state index in [9.17, 15) is 4.79 Å². The maximum Gasteiger partial charge on any atom is 0.333 e. The van der Waals surface area contributed by atoms with Crippen LogP contribution in [0.1, 0.15) is 6.92 Å². The third kappa shape index (κ3) is 5.36. The maximum atomic E-state index is 11.3. The Morgan fingerprint density at radius 3 is 2.50 bits per heavy atom. The highest BCUT2D eigenvalue weighted by molar-refractivity contribution is 6.75. The van der Waals surface area contributed by atoms with Crippen molar-refractivity contribution in [1.29, 1.82) is 0 Å². The van der Waals surface area contributed by atoms with E-state index in [1.165, 1.54) is 0 Å². The maximum absolute atomic E-state index is 11.3. The molecule has 0 aromatic rings. The van der Waals surface area contributed by atoms with Gasteiger partial charge >= 0.3 is 5.97 Å². The van der Waals surface area contributed by atoms with E-state index in [0.29, 0.717) is 18.2 Å². The van der Waals surface area contributed by atoms with Gasteiger partial charge in [0, 0.05) is 5.57 Å². The molecule has 0 atom stereocenters. The smallest absolute Gasteiger partial charge is 0.333 e. The second-order valence-electron chi connectivity index (χ2n) is 3.69.